The molecular weight excluding hydrogens is 283 g/mol. The van der Waals surface area contributed by atoms with Crippen LogP contribution >= 0.6 is 0 Å². The first-order valence-electron chi connectivity index (χ1n) is 5.94. The number of alkyl halides is 3. The fourth-order valence-electron chi connectivity index (χ4n) is 2.01. The first-order chi connectivity index (χ1) is 9.84. The second kappa shape index (κ2) is 4.37. The van der Waals surface area contributed by atoms with Gasteiger partial charge in [0.1, 0.15) is 11.6 Å². The van der Waals surface area contributed by atoms with Gasteiger partial charge in [0.15, 0.2) is 5.65 Å². The van der Waals surface area contributed by atoms with Gasteiger partial charge in [0.2, 0.25) is 0 Å². The Hall–Kier alpha value is -2.77. The van der Waals surface area contributed by atoms with Gasteiger partial charge in [-0.1, -0.05) is 12.1 Å². The molecule has 3 aromatic rings. The first kappa shape index (κ1) is 13.2. The van der Waals surface area contributed by atoms with Crippen molar-refractivity contribution in [1.29, 1.82) is 0 Å². The molecule has 1 aromatic carbocycles. The van der Waals surface area contributed by atoms with Crippen molar-refractivity contribution in [3.8, 4) is 11.3 Å². The van der Waals surface area contributed by atoms with Crippen molar-refractivity contribution in [2.24, 2.45) is 0 Å². The van der Waals surface area contributed by atoms with E-state index in [2.05, 4.69) is 10.1 Å². The minimum Gasteiger partial charge on any atom is -0.384 e. The van der Waals surface area contributed by atoms with Crippen molar-refractivity contribution in [3.63, 3.8) is 0 Å². The van der Waals surface area contributed by atoms with Crippen LogP contribution in [0.3, 0.4) is 0 Å². The highest BCUT2D eigenvalue weighted by atomic mass is 19.4. The molecule has 0 aliphatic rings. The van der Waals surface area contributed by atoms with Crippen LogP contribution in [0.4, 0.5) is 24.8 Å². The fraction of sp³-hybridized carbons (Fsp3) is 0.0769. The normalized spacial score (nSPS) is 12.0. The zero-order chi connectivity index (χ0) is 15.2. The number of benzene rings is 1. The summed E-state index contributed by atoms with van der Waals surface area (Å²) in [5.41, 5.74) is 11.6. The molecule has 0 aliphatic carbocycles. The highest BCUT2D eigenvalue weighted by Crippen LogP contribution is 2.32. The van der Waals surface area contributed by atoms with Gasteiger partial charge < -0.3 is 11.5 Å². The number of nitrogens with two attached hydrogens (primary N) is 2. The molecule has 21 heavy (non-hydrogen) atoms. The lowest BCUT2D eigenvalue weighted by Gasteiger charge is -2.07. The largest absolute Gasteiger partial charge is 0.416 e. The number of fused-ring (bicyclic) bond motifs is 1. The van der Waals surface area contributed by atoms with Crippen molar-refractivity contribution in [1.82, 2.24) is 14.6 Å². The van der Waals surface area contributed by atoms with E-state index in [4.69, 9.17) is 11.5 Å². The Labute approximate surface area is 117 Å². The van der Waals surface area contributed by atoms with Crippen LogP contribution in [0.2, 0.25) is 0 Å². The molecule has 0 radical (unpaired) electrons. The minimum atomic E-state index is -4.41. The maximum Gasteiger partial charge on any atom is 0.416 e. The molecule has 0 aliphatic heterocycles. The van der Waals surface area contributed by atoms with E-state index in [1.165, 1.54) is 28.8 Å². The van der Waals surface area contributed by atoms with Crippen LogP contribution in [-0.4, -0.2) is 14.6 Å². The van der Waals surface area contributed by atoms with E-state index >= 15 is 0 Å². The molecule has 0 spiro atoms. The minimum absolute atomic E-state index is 0.218. The number of rotatable bonds is 1. The average molecular weight is 293 g/mol. The highest BCUT2D eigenvalue weighted by Gasteiger charge is 2.30. The Kier molecular flexibility index (Phi) is 2.75. The summed E-state index contributed by atoms with van der Waals surface area (Å²) in [7, 11) is 0. The molecule has 2 heterocycles. The molecule has 108 valence electrons. The molecule has 2 aromatic heterocycles. The van der Waals surface area contributed by atoms with Gasteiger partial charge in [-0.2, -0.15) is 22.8 Å². The van der Waals surface area contributed by atoms with Gasteiger partial charge in [0.25, 0.3) is 0 Å². The number of aromatic nitrogens is 3. The van der Waals surface area contributed by atoms with Gasteiger partial charge >= 0.3 is 6.18 Å². The van der Waals surface area contributed by atoms with Crippen LogP contribution in [0.25, 0.3) is 16.9 Å². The first-order valence-corrected chi connectivity index (χ1v) is 5.94. The molecule has 0 amide bonds. The third-order valence-corrected chi connectivity index (χ3v) is 2.96. The molecule has 0 atom stereocenters. The Bertz CT molecular complexity index is 822. The molecule has 0 saturated heterocycles. The zero-order valence-corrected chi connectivity index (χ0v) is 10.6. The van der Waals surface area contributed by atoms with Crippen LogP contribution in [-0.2, 0) is 6.18 Å². The van der Waals surface area contributed by atoms with E-state index in [-0.39, 0.29) is 11.6 Å². The van der Waals surface area contributed by atoms with Gasteiger partial charge in [0, 0.05) is 17.7 Å². The summed E-state index contributed by atoms with van der Waals surface area (Å²) in [4.78, 5) is 4.03. The Morgan fingerprint density at radius 1 is 1.05 bits per heavy atom. The summed E-state index contributed by atoms with van der Waals surface area (Å²) in [6.07, 6.45) is -4.41. The maximum absolute atomic E-state index is 12.7. The third-order valence-electron chi connectivity index (χ3n) is 2.96. The molecular formula is C13H10F3N5. The number of halogens is 3. The molecule has 3 rings (SSSR count). The number of hydrogen-bond acceptors (Lipinski definition) is 4. The van der Waals surface area contributed by atoms with E-state index in [1.54, 1.807) is 0 Å². The molecule has 8 heteroatoms. The van der Waals surface area contributed by atoms with Crippen LogP contribution < -0.4 is 11.5 Å². The number of nitrogens with zero attached hydrogens (tertiary/aromatic N) is 3. The monoisotopic (exact) mass is 293 g/mol. The summed E-state index contributed by atoms with van der Waals surface area (Å²) in [5.74, 6) is 0.478. The van der Waals surface area contributed by atoms with E-state index in [9.17, 15) is 13.2 Å². The quantitative estimate of drug-likeness (QED) is 0.722. The lowest BCUT2D eigenvalue weighted by atomic mass is 10.1. The number of hydrogen-bond donors (Lipinski definition) is 2. The Morgan fingerprint density at radius 3 is 2.52 bits per heavy atom. The topological polar surface area (TPSA) is 82.2 Å². The Balaban J connectivity index is 2.15. The Morgan fingerprint density at radius 2 is 1.81 bits per heavy atom. The summed E-state index contributed by atoms with van der Waals surface area (Å²) < 4.78 is 39.5. The smallest absolute Gasteiger partial charge is 0.384 e. The maximum atomic E-state index is 12.7. The van der Waals surface area contributed by atoms with E-state index < -0.39 is 11.7 Å². The summed E-state index contributed by atoms with van der Waals surface area (Å²) in [5, 5.41) is 4.15. The molecule has 0 unspecified atom stereocenters. The standard InChI is InChI=1S/C13H10F3N5/c14-13(15,16)8-3-1-2-7(4-8)9-5-12-19-10(17)6-11(18)21(12)20-9/h1-6H,18H2,(H2,17,19). The van der Waals surface area contributed by atoms with Gasteiger partial charge in [-0.05, 0) is 12.1 Å². The predicted molar refractivity (Wildman–Crippen MR) is 72.2 cm³/mol. The van der Waals surface area contributed by atoms with Gasteiger partial charge in [-0.15, -0.1) is 0 Å². The third kappa shape index (κ3) is 2.35. The second-order valence-corrected chi connectivity index (χ2v) is 4.48. The highest BCUT2D eigenvalue weighted by molar-refractivity contribution is 5.67. The van der Waals surface area contributed by atoms with E-state index in [1.807, 2.05) is 0 Å². The van der Waals surface area contributed by atoms with Gasteiger partial charge in [-0.25, -0.2) is 4.98 Å². The molecule has 0 bridgehead atoms. The molecule has 4 N–H and O–H groups in total. The lowest BCUT2D eigenvalue weighted by molar-refractivity contribution is -0.137. The lowest BCUT2D eigenvalue weighted by Crippen LogP contribution is -2.04. The van der Waals surface area contributed by atoms with Crippen LogP contribution in [0.15, 0.2) is 36.4 Å². The molecule has 0 fully saturated rings. The van der Waals surface area contributed by atoms with E-state index in [0.717, 1.165) is 12.1 Å². The van der Waals surface area contributed by atoms with Crippen molar-refractivity contribution < 1.29 is 13.2 Å². The summed E-state index contributed by atoms with van der Waals surface area (Å²) in [6.45, 7) is 0. The fourth-order valence-corrected chi connectivity index (χ4v) is 2.01. The predicted octanol–water partition coefficient (Wildman–Crippen LogP) is 2.58. The van der Waals surface area contributed by atoms with Crippen LogP contribution in [0.1, 0.15) is 5.56 Å². The van der Waals surface area contributed by atoms with Crippen molar-refractivity contribution in [3.05, 3.63) is 42.0 Å². The zero-order valence-electron chi connectivity index (χ0n) is 10.6. The van der Waals surface area contributed by atoms with Crippen LogP contribution in [0.5, 0.6) is 0 Å². The SMILES string of the molecule is Nc1cc(N)n2nc(-c3cccc(C(F)(F)F)c3)cc2n1. The van der Waals surface area contributed by atoms with Gasteiger partial charge in [-0.3, -0.25) is 0 Å². The van der Waals surface area contributed by atoms with Crippen molar-refractivity contribution in [2.45, 2.75) is 6.18 Å². The number of nitrogen functional groups attached to an aromatic ring is 2. The summed E-state index contributed by atoms with van der Waals surface area (Å²) >= 11 is 0. The van der Waals surface area contributed by atoms with Crippen molar-refractivity contribution >= 4 is 17.3 Å². The number of anilines is 2. The molecule has 5 nitrogen and oxygen atoms in total. The summed E-state index contributed by atoms with van der Waals surface area (Å²) in [6, 6.07) is 7.85. The van der Waals surface area contributed by atoms with Crippen LogP contribution in [0, 0.1) is 0 Å². The van der Waals surface area contributed by atoms with Gasteiger partial charge in [0.05, 0.1) is 11.3 Å². The molecule has 0 saturated carbocycles. The average Bonchev–Trinajstić information content (AvgIpc) is 2.82. The van der Waals surface area contributed by atoms with E-state index in [0.29, 0.717) is 16.9 Å². The second-order valence-electron chi connectivity index (χ2n) is 4.48. The van der Waals surface area contributed by atoms with Crippen molar-refractivity contribution in [2.75, 3.05) is 11.5 Å².